The van der Waals surface area contributed by atoms with Crippen LogP contribution >= 0.6 is 0 Å². The molecule has 3 heterocycles. The van der Waals surface area contributed by atoms with E-state index in [-0.39, 0.29) is 11.3 Å². The van der Waals surface area contributed by atoms with Crippen LogP contribution in [0, 0.1) is 26.6 Å². The van der Waals surface area contributed by atoms with Gasteiger partial charge >= 0.3 is 0 Å². The molecule has 1 amide bonds. The molecule has 2 saturated heterocycles. The Hall–Kier alpha value is -2.93. The predicted molar refractivity (Wildman–Crippen MR) is 121 cm³/mol. The van der Waals surface area contributed by atoms with Crippen LogP contribution in [0.1, 0.15) is 53.4 Å². The van der Waals surface area contributed by atoms with E-state index in [1.165, 1.54) is 23.5 Å². The molecular formula is C25H30FN3O3. The van der Waals surface area contributed by atoms with E-state index in [0.29, 0.717) is 24.2 Å². The lowest BCUT2D eigenvalue weighted by Crippen LogP contribution is -2.40. The van der Waals surface area contributed by atoms with Crippen molar-refractivity contribution in [2.24, 2.45) is 0 Å². The van der Waals surface area contributed by atoms with Crippen molar-refractivity contribution in [3.05, 3.63) is 63.7 Å². The van der Waals surface area contributed by atoms with Crippen LogP contribution in [0.5, 0.6) is 0 Å². The normalized spacial score (nSPS) is 21.5. The number of Topliss-reactive ketones (excluding diaryl/α,β-unsaturated/α-hetero) is 1. The quantitative estimate of drug-likeness (QED) is 0.420. The summed E-state index contributed by atoms with van der Waals surface area (Å²) in [6, 6.07) is 5.09. The highest BCUT2D eigenvalue weighted by Crippen LogP contribution is 2.40. The van der Waals surface area contributed by atoms with Crippen molar-refractivity contribution in [1.29, 1.82) is 0 Å². The number of nitrogens with zero attached hydrogens (tertiary/aromatic N) is 2. The summed E-state index contributed by atoms with van der Waals surface area (Å²) in [6.45, 7) is 8.48. The molecule has 2 aliphatic rings. The Bertz CT molecular complexity index is 1080. The monoisotopic (exact) mass is 439 g/mol. The van der Waals surface area contributed by atoms with Crippen LogP contribution in [0.2, 0.25) is 0 Å². The number of hydrogen-bond acceptors (Lipinski definition) is 4. The number of ketones is 1. The molecule has 170 valence electrons. The Labute approximate surface area is 187 Å². The van der Waals surface area contributed by atoms with Crippen LogP contribution < -0.4 is 0 Å². The number of H-pyrrole nitrogens is 1. The Morgan fingerprint density at radius 1 is 1.09 bits per heavy atom. The maximum atomic E-state index is 14.1. The summed E-state index contributed by atoms with van der Waals surface area (Å²) in [5, 5.41) is 11.3. The summed E-state index contributed by atoms with van der Waals surface area (Å²) in [5.74, 6) is -2.04. The molecule has 0 saturated carbocycles. The van der Waals surface area contributed by atoms with Gasteiger partial charge in [-0.3, -0.25) is 9.59 Å². The van der Waals surface area contributed by atoms with Crippen LogP contribution in [-0.2, 0) is 9.59 Å². The third-order valence-corrected chi connectivity index (χ3v) is 6.73. The molecule has 0 bridgehead atoms. The average molecular weight is 440 g/mol. The number of carbonyl (C=O) groups is 2. The van der Waals surface area contributed by atoms with Crippen molar-refractivity contribution in [3.63, 3.8) is 0 Å². The summed E-state index contributed by atoms with van der Waals surface area (Å²) in [6.07, 6.45) is 3.45. The van der Waals surface area contributed by atoms with E-state index < -0.39 is 23.5 Å². The molecule has 0 aliphatic carbocycles. The first kappa shape index (κ1) is 22.3. The highest BCUT2D eigenvalue weighted by atomic mass is 19.1. The number of likely N-dealkylation sites (tertiary alicyclic amines) is 2. The number of aliphatic hydroxyl groups excluding tert-OH is 1. The van der Waals surface area contributed by atoms with Gasteiger partial charge in [0.1, 0.15) is 11.6 Å². The highest BCUT2D eigenvalue weighted by Gasteiger charge is 2.46. The first-order chi connectivity index (χ1) is 15.3. The van der Waals surface area contributed by atoms with E-state index in [2.05, 4.69) is 9.88 Å². The maximum absolute atomic E-state index is 14.1. The molecule has 1 unspecified atom stereocenters. The lowest BCUT2D eigenvalue weighted by molar-refractivity contribution is -0.140. The number of halogens is 1. The van der Waals surface area contributed by atoms with Crippen LogP contribution in [0.25, 0.3) is 5.76 Å². The van der Waals surface area contributed by atoms with Gasteiger partial charge in [-0.05, 0) is 70.0 Å². The minimum absolute atomic E-state index is 0.0180. The highest BCUT2D eigenvalue weighted by molar-refractivity contribution is 6.46. The van der Waals surface area contributed by atoms with Gasteiger partial charge in [0, 0.05) is 30.0 Å². The van der Waals surface area contributed by atoms with Crippen molar-refractivity contribution in [2.45, 2.75) is 46.1 Å². The standard InChI is InChI=1S/C25H30FN3O3/c1-15-16(2)27-17(3)20(15)23(30)21-22(18-8-7-9-19(26)14-18)29(25(32)24(21)31)13-12-28-10-5-4-6-11-28/h7-9,14,22,27,30H,4-6,10-13H2,1-3H3/b23-21+. The molecule has 2 aromatic rings. The lowest BCUT2D eigenvalue weighted by Gasteiger charge is -2.31. The molecule has 2 fully saturated rings. The van der Waals surface area contributed by atoms with E-state index >= 15 is 0 Å². The number of amides is 1. The molecular weight excluding hydrogens is 409 g/mol. The van der Waals surface area contributed by atoms with Crippen LogP contribution in [0.15, 0.2) is 29.8 Å². The summed E-state index contributed by atoms with van der Waals surface area (Å²) in [5.41, 5.74) is 3.44. The van der Waals surface area contributed by atoms with Gasteiger partial charge in [0.25, 0.3) is 11.7 Å². The Kier molecular flexibility index (Phi) is 6.20. The Morgan fingerprint density at radius 2 is 1.81 bits per heavy atom. The number of nitrogens with one attached hydrogen (secondary N) is 1. The second kappa shape index (κ2) is 8.90. The van der Waals surface area contributed by atoms with Crippen molar-refractivity contribution in [3.8, 4) is 0 Å². The number of carbonyl (C=O) groups excluding carboxylic acids is 2. The topological polar surface area (TPSA) is 76.6 Å². The fourth-order valence-corrected chi connectivity index (χ4v) is 4.96. The number of piperidine rings is 1. The molecule has 1 atom stereocenters. The SMILES string of the molecule is Cc1[nH]c(C)c(/C(O)=C2\C(=O)C(=O)N(CCN3CCCCC3)C2c2cccc(F)c2)c1C. The van der Waals surface area contributed by atoms with Crippen molar-refractivity contribution >= 4 is 17.4 Å². The third-order valence-electron chi connectivity index (χ3n) is 6.73. The number of rotatable bonds is 5. The minimum atomic E-state index is -0.829. The van der Waals surface area contributed by atoms with Crippen molar-refractivity contribution in [2.75, 3.05) is 26.2 Å². The fourth-order valence-electron chi connectivity index (χ4n) is 4.96. The molecule has 4 rings (SSSR count). The Morgan fingerprint density at radius 3 is 2.44 bits per heavy atom. The summed E-state index contributed by atoms with van der Waals surface area (Å²) in [4.78, 5) is 33.2. The number of aliphatic hydroxyl groups is 1. The van der Waals surface area contributed by atoms with Gasteiger partial charge < -0.3 is 19.9 Å². The maximum Gasteiger partial charge on any atom is 0.295 e. The number of hydrogen-bond donors (Lipinski definition) is 2. The molecule has 0 spiro atoms. The van der Waals surface area contributed by atoms with Gasteiger partial charge in [0.05, 0.1) is 11.6 Å². The molecule has 2 aliphatic heterocycles. The zero-order valence-electron chi connectivity index (χ0n) is 18.9. The second-order valence-electron chi connectivity index (χ2n) is 8.82. The van der Waals surface area contributed by atoms with Crippen LogP contribution in [0.3, 0.4) is 0 Å². The fraction of sp³-hybridized carbons (Fsp3) is 0.440. The van der Waals surface area contributed by atoms with E-state index in [0.717, 1.165) is 42.9 Å². The molecule has 1 aromatic heterocycles. The average Bonchev–Trinajstić information content (AvgIpc) is 3.18. The summed E-state index contributed by atoms with van der Waals surface area (Å²) < 4.78 is 14.1. The first-order valence-electron chi connectivity index (χ1n) is 11.2. The molecule has 0 radical (unpaired) electrons. The van der Waals surface area contributed by atoms with Crippen LogP contribution in [-0.4, -0.2) is 57.8 Å². The molecule has 7 heteroatoms. The first-order valence-corrected chi connectivity index (χ1v) is 11.2. The predicted octanol–water partition coefficient (Wildman–Crippen LogP) is 3.99. The second-order valence-corrected chi connectivity index (χ2v) is 8.82. The van der Waals surface area contributed by atoms with Gasteiger partial charge in [-0.1, -0.05) is 18.6 Å². The summed E-state index contributed by atoms with van der Waals surface area (Å²) in [7, 11) is 0. The van der Waals surface area contributed by atoms with E-state index in [1.54, 1.807) is 12.1 Å². The minimum Gasteiger partial charge on any atom is -0.507 e. The van der Waals surface area contributed by atoms with E-state index in [9.17, 15) is 19.1 Å². The largest absolute Gasteiger partial charge is 0.507 e. The van der Waals surface area contributed by atoms with Gasteiger partial charge in [-0.25, -0.2) is 4.39 Å². The van der Waals surface area contributed by atoms with E-state index in [4.69, 9.17) is 0 Å². The molecule has 1 aromatic carbocycles. The number of benzene rings is 1. The third kappa shape index (κ3) is 3.97. The smallest absolute Gasteiger partial charge is 0.295 e. The number of aromatic amines is 1. The van der Waals surface area contributed by atoms with Gasteiger partial charge in [0.2, 0.25) is 0 Å². The molecule has 32 heavy (non-hydrogen) atoms. The zero-order chi connectivity index (χ0) is 23.0. The van der Waals surface area contributed by atoms with Gasteiger partial charge in [-0.15, -0.1) is 0 Å². The van der Waals surface area contributed by atoms with Crippen LogP contribution in [0.4, 0.5) is 4.39 Å². The zero-order valence-corrected chi connectivity index (χ0v) is 18.9. The molecule has 6 nitrogen and oxygen atoms in total. The van der Waals surface area contributed by atoms with Crippen molar-refractivity contribution < 1.29 is 19.1 Å². The van der Waals surface area contributed by atoms with Crippen molar-refractivity contribution in [1.82, 2.24) is 14.8 Å². The molecule has 2 N–H and O–H groups in total. The van der Waals surface area contributed by atoms with Gasteiger partial charge in [-0.2, -0.15) is 0 Å². The van der Waals surface area contributed by atoms with E-state index in [1.807, 2.05) is 20.8 Å². The lowest BCUT2D eigenvalue weighted by atomic mass is 9.94. The Balaban J connectivity index is 1.79. The summed E-state index contributed by atoms with van der Waals surface area (Å²) >= 11 is 0. The number of aryl methyl sites for hydroxylation is 2. The number of aromatic nitrogens is 1. The van der Waals surface area contributed by atoms with Gasteiger partial charge in [0.15, 0.2) is 0 Å².